The first-order chi connectivity index (χ1) is 18.2. The molecule has 3 atom stereocenters. The van der Waals surface area contributed by atoms with Crippen LogP contribution in [0.4, 0.5) is 32.0 Å². The zero-order chi connectivity index (χ0) is 29.0. The van der Waals surface area contributed by atoms with Gasteiger partial charge in [-0.15, -0.1) is 0 Å². The third kappa shape index (κ3) is 7.36. The SMILES string of the molecule is CCC[C@H](C(N)=O)[C@@H](CCC(F)(F)F)C(=O)N[C@H]1N=C(c2ccccc2)c2cccc(C(F)(F)F)c2NC1=O. The minimum Gasteiger partial charge on any atom is -0.369 e. The third-order valence-electron chi connectivity index (χ3n) is 6.23. The van der Waals surface area contributed by atoms with Crippen molar-refractivity contribution in [2.45, 2.75) is 51.1 Å². The molecule has 0 spiro atoms. The third-order valence-corrected chi connectivity index (χ3v) is 6.23. The van der Waals surface area contributed by atoms with Gasteiger partial charge in [0, 0.05) is 29.4 Å². The van der Waals surface area contributed by atoms with E-state index < -0.39 is 72.2 Å². The van der Waals surface area contributed by atoms with Crippen molar-refractivity contribution in [2.75, 3.05) is 5.32 Å². The Morgan fingerprint density at radius 1 is 1.00 bits per heavy atom. The summed E-state index contributed by atoms with van der Waals surface area (Å²) in [6, 6.07) is 11.1. The molecule has 0 fully saturated rings. The van der Waals surface area contributed by atoms with E-state index in [4.69, 9.17) is 5.73 Å². The van der Waals surface area contributed by atoms with E-state index in [1.807, 2.05) is 0 Å². The van der Waals surface area contributed by atoms with Gasteiger partial charge in [0.1, 0.15) is 0 Å². The highest BCUT2D eigenvalue weighted by molar-refractivity contribution is 6.20. The molecule has 1 aliphatic heterocycles. The topological polar surface area (TPSA) is 114 Å². The van der Waals surface area contributed by atoms with Crippen molar-refractivity contribution in [1.82, 2.24) is 5.32 Å². The van der Waals surface area contributed by atoms with Crippen molar-refractivity contribution in [3.63, 3.8) is 0 Å². The van der Waals surface area contributed by atoms with Crippen LogP contribution in [-0.4, -0.2) is 35.8 Å². The standard InChI is InChI=1S/C26H26F6N4O3/c1-2-7-15(21(33)37)16(12-13-25(27,28)29)23(38)36-22-24(39)35-20-17(10-6-11-18(20)26(30,31)32)19(34-22)14-8-4-3-5-9-14/h3-6,8-11,15-16,22H,2,7,12-13H2,1H3,(H2,33,37)(H,35,39)(H,36,38)/t15-,16+,22+/m0/s1. The number of fused-ring (bicyclic) bond motifs is 1. The molecule has 1 aliphatic rings. The van der Waals surface area contributed by atoms with E-state index in [0.717, 1.165) is 12.1 Å². The number of carbonyl (C=O) groups is 3. The molecule has 2 aromatic carbocycles. The minimum atomic E-state index is -4.85. The monoisotopic (exact) mass is 556 g/mol. The maximum Gasteiger partial charge on any atom is 0.418 e. The van der Waals surface area contributed by atoms with E-state index in [1.54, 1.807) is 25.1 Å². The molecule has 13 heteroatoms. The molecule has 210 valence electrons. The first-order valence-corrected chi connectivity index (χ1v) is 12.0. The second-order valence-electron chi connectivity index (χ2n) is 9.03. The minimum absolute atomic E-state index is 0.0149. The summed E-state index contributed by atoms with van der Waals surface area (Å²) >= 11 is 0. The first kappa shape index (κ1) is 29.7. The smallest absolute Gasteiger partial charge is 0.369 e. The van der Waals surface area contributed by atoms with E-state index in [9.17, 15) is 40.7 Å². The highest BCUT2D eigenvalue weighted by Gasteiger charge is 2.40. The Hall–Kier alpha value is -3.90. The van der Waals surface area contributed by atoms with E-state index in [2.05, 4.69) is 15.6 Å². The molecule has 0 unspecified atom stereocenters. The van der Waals surface area contributed by atoms with Crippen molar-refractivity contribution in [3.8, 4) is 0 Å². The van der Waals surface area contributed by atoms with E-state index >= 15 is 0 Å². The summed E-state index contributed by atoms with van der Waals surface area (Å²) in [5.41, 5.74) is 3.84. The highest BCUT2D eigenvalue weighted by Crippen LogP contribution is 2.38. The van der Waals surface area contributed by atoms with Crippen LogP contribution in [0.15, 0.2) is 53.5 Å². The Morgan fingerprint density at radius 3 is 2.23 bits per heavy atom. The largest absolute Gasteiger partial charge is 0.418 e. The summed E-state index contributed by atoms with van der Waals surface area (Å²) in [4.78, 5) is 42.6. The Balaban J connectivity index is 2.06. The van der Waals surface area contributed by atoms with Crippen LogP contribution in [0.5, 0.6) is 0 Å². The normalized spacial score (nSPS) is 17.3. The number of carbonyl (C=O) groups excluding carboxylic acids is 3. The van der Waals surface area contributed by atoms with Gasteiger partial charge >= 0.3 is 12.4 Å². The molecule has 4 N–H and O–H groups in total. The number of benzodiazepines with no additional fused rings is 1. The molecular weight excluding hydrogens is 530 g/mol. The van der Waals surface area contributed by atoms with E-state index in [0.29, 0.717) is 12.0 Å². The Labute approximate surface area is 219 Å². The molecule has 0 radical (unpaired) electrons. The molecule has 3 amide bonds. The van der Waals surface area contributed by atoms with E-state index in [1.165, 1.54) is 18.2 Å². The van der Waals surface area contributed by atoms with Crippen molar-refractivity contribution < 1.29 is 40.7 Å². The van der Waals surface area contributed by atoms with Gasteiger partial charge < -0.3 is 16.4 Å². The summed E-state index contributed by atoms with van der Waals surface area (Å²) < 4.78 is 80.4. The fraction of sp³-hybridized carbons (Fsp3) is 0.385. The molecule has 0 aromatic heterocycles. The van der Waals surface area contributed by atoms with Gasteiger partial charge in [0.05, 0.1) is 17.0 Å². The number of rotatable bonds is 9. The number of primary amides is 1. The predicted molar refractivity (Wildman–Crippen MR) is 130 cm³/mol. The maximum absolute atomic E-state index is 13.8. The Kier molecular flexibility index (Phi) is 9.03. The number of hydrogen-bond acceptors (Lipinski definition) is 4. The Bertz CT molecular complexity index is 1240. The number of para-hydroxylation sites is 1. The maximum atomic E-state index is 13.8. The van der Waals surface area contributed by atoms with Crippen molar-refractivity contribution in [2.24, 2.45) is 22.6 Å². The number of alkyl halides is 6. The van der Waals surface area contributed by atoms with Crippen LogP contribution in [0.2, 0.25) is 0 Å². The molecular formula is C26H26F6N4O3. The zero-order valence-electron chi connectivity index (χ0n) is 20.7. The molecule has 0 saturated carbocycles. The van der Waals surface area contributed by atoms with Gasteiger partial charge in [0.2, 0.25) is 18.0 Å². The highest BCUT2D eigenvalue weighted by atomic mass is 19.4. The van der Waals surface area contributed by atoms with Crippen LogP contribution in [0.1, 0.15) is 49.3 Å². The lowest BCUT2D eigenvalue weighted by Crippen LogP contribution is -2.48. The summed E-state index contributed by atoms with van der Waals surface area (Å²) in [6.45, 7) is 1.65. The number of nitrogens with one attached hydrogen (secondary N) is 2. The van der Waals surface area contributed by atoms with Crippen LogP contribution in [-0.2, 0) is 20.6 Å². The second kappa shape index (κ2) is 11.9. The lowest BCUT2D eigenvalue weighted by atomic mass is 9.83. The summed E-state index contributed by atoms with van der Waals surface area (Å²) in [5, 5.41) is 4.40. The fourth-order valence-electron chi connectivity index (χ4n) is 4.42. The summed E-state index contributed by atoms with van der Waals surface area (Å²) in [5.74, 6) is -6.05. The van der Waals surface area contributed by atoms with Gasteiger partial charge in [-0.2, -0.15) is 26.3 Å². The van der Waals surface area contributed by atoms with Crippen molar-refractivity contribution in [3.05, 3.63) is 65.2 Å². The number of amides is 3. The predicted octanol–water partition coefficient (Wildman–Crippen LogP) is 4.80. The van der Waals surface area contributed by atoms with Crippen LogP contribution < -0.4 is 16.4 Å². The summed E-state index contributed by atoms with van der Waals surface area (Å²) in [6.07, 6.45) is -13.1. The van der Waals surface area contributed by atoms with Crippen LogP contribution in [0, 0.1) is 11.8 Å². The lowest BCUT2D eigenvalue weighted by Gasteiger charge is -2.25. The van der Waals surface area contributed by atoms with Crippen molar-refractivity contribution >= 4 is 29.1 Å². The lowest BCUT2D eigenvalue weighted by molar-refractivity contribution is -0.146. The number of hydrogen-bond donors (Lipinski definition) is 3. The molecule has 1 heterocycles. The fourth-order valence-corrected chi connectivity index (χ4v) is 4.42. The van der Waals surface area contributed by atoms with Crippen LogP contribution in [0.3, 0.4) is 0 Å². The number of nitrogens with zero attached hydrogens (tertiary/aromatic N) is 1. The number of halogens is 6. The molecule has 3 rings (SSSR count). The second-order valence-corrected chi connectivity index (χ2v) is 9.03. The van der Waals surface area contributed by atoms with Gasteiger partial charge in [-0.05, 0) is 18.9 Å². The van der Waals surface area contributed by atoms with Gasteiger partial charge in [0.15, 0.2) is 0 Å². The molecule has 7 nitrogen and oxygen atoms in total. The zero-order valence-corrected chi connectivity index (χ0v) is 20.7. The number of benzene rings is 2. The average molecular weight is 557 g/mol. The number of anilines is 1. The quantitative estimate of drug-likeness (QED) is 0.386. The van der Waals surface area contributed by atoms with E-state index in [-0.39, 0.29) is 17.7 Å². The van der Waals surface area contributed by atoms with Gasteiger partial charge in [-0.25, -0.2) is 4.99 Å². The van der Waals surface area contributed by atoms with Gasteiger partial charge in [-0.1, -0.05) is 55.8 Å². The first-order valence-electron chi connectivity index (χ1n) is 12.0. The summed E-state index contributed by atoms with van der Waals surface area (Å²) in [7, 11) is 0. The van der Waals surface area contributed by atoms with Crippen LogP contribution in [0.25, 0.3) is 0 Å². The molecule has 0 bridgehead atoms. The van der Waals surface area contributed by atoms with Crippen molar-refractivity contribution in [1.29, 1.82) is 0 Å². The molecule has 2 aromatic rings. The average Bonchev–Trinajstić information content (AvgIpc) is 2.98. The molecule has 0 aliphatic carbocycles. The van der Waals surface area contributed by atoms with Gasteiger partial charge in [-0.3, -0.25) is 14.4 Å². The molecule has 39 heavy (non-hydrogen) atoms. The van der Waals surface area contributed by atoms with Gasteiger partial charge in [0.25, 0.3) is 5.91 Å². The van der Waals surface area contributed by atoms with Crippen LogP contribution >= 0.6 is 0 Å². The Morgan fingerprint density at radius 2 is 1.67 bits per heavy atom. The number of aliphatic imine (C=N–C) groups is 1. The molecule has 0 saturated heterocycles. The number of nitrogens with two attached hydrogens (primary N) is 1.